The first kappa shape index (κ1) is 19.4. The summed E-state index contributed by atoms with van der Waals surface area (Å²) in [4.78, 5) is 30.2. The fraction of sp³-hybridized carbons (Fsp3) is 0.429. The lowest BCUT2D eigenvalue weighted by atomic mass is 10.1. The number of rotatable bonds is 6. The minimum atomic E-state index is 0.119. The van der Waals surface area contributed by atoms with E-state index in [2.05, 4.69) is 6.07 Å². The molecule has 27 heavy (non-hydrogen) atoms. The molecule has 0 atom stereocenters. The standard InChI is InChI=1S/C21H26N2O3S/c1-26-18-7-5-17(6-8-18)16-21(25)23-12-3-11-22(13-14-23)20(24)10-9-19-4-2-15-27-19/h2,4-8,15H,3,9-14,16H2,1H3. The van der Waals surface area contributed by atoms with Crippen molar-refractivity contribution < 1.29 is 14.3 Å². The number of hydrogen-bond donors (Lipinski definition) is 0. The second-order valence-electron chi connectivity index (χ2n) is 6.72. The molecule has 1 aromatic heterocycles. The first-order valence-corrected chi connectivity index (χ1v) is 10.2. The van der Waals surface area contributed by atoms with Crippen molar-refractivity contribution in [2.24, 2.45) is 0 Å². The lowest BCUT2D eigenvalue weighted by Gasteiger charge is -2.22. The summed E-state index contributed by atoms with van der Waals surface area (Å²) in [6.07, 6.45) is 2.56. The van der Waals surface area contributed by atoms with Crippen LogP contribution in [0.15, 0.2) is 41.8 Å². The van der Waals surface area contributed by atoms with Gasteiger partial charge in [0.15, 0.2) is 0 Å². The summed E-state index contributed by atoms with van der Waals surface area (Å²) >= 11 is 1.69. The molecule has 1 aromatic carbocycles. The van der Waals surface area contributed by atoms with Gasteiger partial charge in [-0.25, -0.2) is 0 Å². The number of aryl methyl sites for hydroxylation is 1. The van der Waals surface area contributed by atoms with Crippen LogP contribution in [0.4, 0.5) is 0 Å². The summed E-state index contributed by atoms with van der Waals surface area (Å²) in [5.74, 6) is 1.10. The molecule has 0 N–H and O–H groups in total. The molecule has 5 nitrogen and oxygen atoms in total. The lowest BCUT2D eigenvalue weighted by molar-refractivity contribution is -0.133. The van der Waals surface area contributed by atoms with Crippen LogP contribution in [0.2, 0.25) is 0 Å². The molecule has 1 aliphatic heterocycles. The van der Waals surface area contributed by atoms with Gasteiger partial charge in [0.1, 0.15) is 5.75 Å². The number of ether oxygens (including phenoxy) is 1. The highest BCUT2D eigenvalue weighted by atomic mass is 32.1. The predicted octanol–water partition coefficient (Wildman–Crippen LogP) is 2.99. The van der Waals surface area contributed by atoms with Crippen molar-refractivity contribution >= 4 is 23.2 Å². The van der Waals surface area contributed by atoms with E-state index in [1.807, 2.05) is 45.5 Å². The zero-order chi connectivity index (χ0) is 19.1. The molecule has 0 unspecified atom stereocenters. The fourth-order valence-electron chi connectivity index (χ4n) is 3.29. The molecule has 1 saturated heterocycles. The zero-order valence-electron chi connectivity index (χ0n) is 15.7. The van der Waals surface area contributed by atoms with Gasteiger partial charge in [-0.15, -0.1) is 11.3 Å². The normalized spacial score (nSPS) is 14.7. The van der Waals surface area contributed by atoms with Crippen molar-refractivity contribution in [1.82, 2.24) is 9.80 Å². The maximum atomic E-state index is 12.6. The topological polar surface area (TPSA) is 49.9 Å². The maximum Gasteiger partial charge on any atom is 0.227 e. The molecular weight excluding hydrogens is 360 g/mol. The Morgan fingerprint density at radius 2 is 1.70 bits per heavy atom. The molecule has 0 aliphatic carbocycles. The van der Waals surface area contributed by atoms with Crippen LogP contribution in [0.3, 0.4) is 0 Å². The van der Waals surface area contributed by atoms with Gasteiger partial charge in [0.25, 0.3) is 0 Å². The van der Waals surface area contributed by atoms with Crippen molar-refractivity contribution in [3.05, 3.63) is 52.2 Å². The van der Waals surface area contributed by atoms with Gasteiger partial charge >= 0.3 is 0 Å². The zero-order valence-corrected chi connectivity index (χ0v) is 16.5. The summed E-state index contributed by atoms with van der Waals surface area (Å²) in [6.45, 7) is 2.68. The van der Waals surface area contributed by atoms with Crippen LogP contribution in [-0.4, -0.2) is 54.9 Å². The Hall–Kier alpha value is -2.34. The van der Waals surface area contributed by atoms with E-state index >= 15 is 0 Å². The van der Waals surface area contributed by atoms with Crippen LogP contribution in [0.5, 0.6) is 5.75 Å². The highest BCUT2D eigenvalue weighted by Crippen LogP contribution is 2.15. The van der Waals surface area contributed by atoms with Crippen LogP contribution in [0.25, 0.3) is 0 Å². The average Bonchev–Trinajstić information content (AvgIpc) is 3.09. The van der Waals surface area contributed by atoms with E-state index in [1.165, 1.54) is 4.88 Å². The Kier molecular flexibility index (Phi) is 6.87. The van der Waals surface area contributed by atoms with Gasteiger partial charge < -0.3 is 14.5 Å². The van der Waals surface area contributed by atoms with Crippen molar-refractivity contribution in [3.63, 3.8) is 0 Å². The van der Waals surface area contributed by atoms with Crippen LogP contribution < -0.4 is 4.74 Å². The highest BCUT2D eigenvalue weighted by molar-refractivity contribution is 7.09. The molecule has 0 radical (unpaired) electrons. The minimum absolute atomic E-state index is 0.119. The predicted molar refractivity (Wildman–Crippen MR) is 107 cm³/mol. The van der Waals surface area contributed by atoms with Crippen molar-refractivity contribution in [2.75, 3.05) is 33.3 Å². The Labute approximate surface area is 164 Å². The van der Waals surface area contributed by atoms with E-state index in [1.54, 1.807) is 18.4 Å². The number of hydrogen-bond acceptors (Lipinski definition) is 4. The van der Waals surface area contributed by atoms with E-state index in [0.29, 0.717) is 32.5 Å². The van der Waals surface area contributed by atoms with Crippen LogP contribution >= 0.6 is 11.3 Å². The highest BCUT2D eigenvalue weighted by Gasteiger charge is 2.22. The number of nitrogens with zero attached hydrogens (tertiary/aromatic N) is 2. The summed E-state index contributed by atoms with van der Waals surface area (Å²) in [6, 6.07) is 11.7. The summed E-state index contributed by atoms with van der Waals surface area (Å²) < 4.78 is 5.15. The fourth-order valence-corrected chi connectivity index (χ4v) is 4.00. The molecule has 1 fully saturated rings. The van der Waals surface area contributed by atoms with E-state index in [-0.39, 0.29) is 11.8 Å². The Bertz CT molecular complexity index is 743. The van der Waals surface area contributed by atoms with E-state index < -0.39 is 0 Å². The third kappa shape index (κ3) is 5.57. The van der Waals surface area contributed by atoms with Gasteiger partial charge in [-0.3, -0.25) is 9.59 Å². The van der Waals surface area contributed by atoms with Crippen molar-refractivity contribution in [2.45, 2.75) is 25.7 Å². The van der Waals surface area contributed by atoms with Crippen LogP contribution in [0, 0.1) is 0 Å². The lowest BCUT2D eigenvalue weighted by Crippen LogP contribution is -2.38. The van der Waals surface area contributed by atoms with Gasteiger partial charge in [0.2, 0.25) is 11.8 Å². The van der Waals surface area contributed by atoms with Gasteiger partial charge in [-0.2, -0.15) is 0 Å². The van der Waals surface area contributed by atoms with Gasteiger partial charge in [-0.05, 0) is 42.0 Å². The van der Waals surface area contributed by atoms with E-state index in [9.17, 15) is 9.59 Å². The summed E-state index contributed by atoms with van der Waals surface area (Å²) in [5, 5.41) is 2.04. The molecular formula is C21H26N2O3S. The first-order valence-electron chi connectivity index (χ1n) is 9.36. The smallest absolute Gasteiger partial charge is 0.227 e. The number of thiophene rings is 1. The quantitative estimate of drug-likeness (QED) is 0.767. The first-order chi connectivity index (χ1) is 13.2. The summed E-state index contributed by atoms with van der Waals surface area (Å²) in [5.41, 5.74) is 0.980. The molecule has 0 spiro atoms. The maximum absolute atomic E-state index is 12.6. The molecule has 2 aromatic rings. The van der Waals surface area contributed by atoms with Gasteiger partial charge in [0.05, 0.1) is 13.5 Å². The van der Waals surface area contributed by atoms with Gasteiger partial charge in [-0.1, -0.05) is 18.2 Å². The molecule has 3 rings (SSSR count). The van der Waals surface area contributed by atoms with E-state index in [0.717, 1.165) is 30.7 Å². The SMILES string of the molecule is COc1ccc(CC(=O)N2CCCN(C(=O)CCc3cccs3)CC2)cc1. The second kappa shape index (κ2) is 9.55. The van der Waals surface area contributed by atoms with Crippen LogP contribution in [-0.2, 0) is 22.4 Å². The number of benzene rings is 1. The largest absolute Gasteiger partial charge is 0.497 e. The minimum Gasteiger partial charge on any atom is -0.497 e. The van der Waals surface area contributed by atoms with Gasteiger partial charge in [0, 0.05) is 37.5 Å². The molecule has 144 valence electrons. The average molecular weight is 387 g/mol. The molecule has 1 aliphatic rings. The Balaban J connectivity index is 1.48. The number of amides is 2. The molecule has 0 bridgehead atoms. The second-order valence-corrected chi connectivity index (χ2v) is 7.75. The number of carbonyl (C=O) groups excluding carboxylic acids is 2. The molecule has 2 amide bonds. The third-order valence-electron chi connectivity index (χ3n) is 4.88. The number of methoxy groups -OCH3 is 1. The molecule has 2 heterocycles. The van der Waals surface area contributed by atoms with E-state index in [4.69, 9.17) is 4.74 Å². The Morgan fingerprint density at radius 3 is 2.33 bits per heavy atom. The summed E-state index contributed by atoms with van der Waals surface area (Å²) in [7, 11) is 1.63. The number of carbonyl (C=O) groups is 2. The molecule has 6 heteroatoms. The third-order valence-corrected chi connectivity index (χ3v) is 5.82. The monoisotopic (exact) mass is 386 g/mol. The molecule has 0 saturated carbocycles. The van der Waals surface area contributed by atoms with Crippen molar-refractivity contribution in [3.8, 4) is 5.75 Å². The Morgan fingerprint density at radius 1 is 1.00 bits per heavy atom. The van der Waals surface area contributed by atoms with Crippen LogP contribution in [0.1, 0.15) is 23.3 Å². The van der Waals surface area contributed by atoms with Crippen molar-refractivity contribution in [1.29, 1.82) is 0 Å².